The minimum Gasteiger partial charge on any atom is -0.326 e. The number of carbonyl (C=O) groups is 1. The van der Waals surface area contributed by atoms with Crippen LogP contribution < -0.4 is 10.6 Å². The zero-order chi connectivity index (χ0) is 15.2. The highest BCUT2D eigenvalue weighted by Crippen LogP contribution is 2.21. The normalized spacial score (nSPS) is 10.4. The third-order valence-electron chi connectivity index (χ3n) is 3.70. The van der Waals surface area contributed by atoms with Gasteiger partial charge in [0.15, 0.2) is 0 Å². The summed E-state index contributed by atoms with van der Waals surface area (Å²) in [5.74, 6) is 0.104. The molecule has 110 valence electrons. The number of amides is 1. The average Bonchev–Trinajstić information content (AvgIpc) is 2.50. The van der Waals surface area contributed by atoms with Gasteiger partial charge in [0.05, 0.1) is 6.42 Å². The standard InChI is InChI=1S/C18H22N2O/c1-3-20(17-11-7-4-8-14(17)2)18(21)12-15-9-5-6-10-16(15)13-19/h4-11H,3,12-13,19H2,1-2H3. The Morgan fingerprint density at radius 1 is 1.05 bits per heavy atom. The van der Waals surface area contributed by atoms with Gasteiger partial charge in [0, 0.05) is 18.8 Å². The molecule has 0 saturated carbocycles. The van der Waals surface area contributed by atoms with E-state index in [9.17, 15) is 4.79 Å². The fourth-order valence-corrected chi connectivity index (χ4v) is 2.53. The number of hydrogen-bond donors (Lipinski definition) is 1. The molecule has 0 radical (unpaired) electrons. The van der Waals surface area contributed by atoms with Crippen LogP contribution in [0.15, 0.2) is 48.5 Å². The number of likely N-dealkylation sites (N-methyl/N-ethyl adjacent to an activating group) is 1. The van der Waals surface area contributed by atoms with E-state index in [1.165, 1.54) is 0 Å². The number of benzene rings is 2. The van der Waals surface area contributed by atoms with Gasteiger partial charge in [-0.1, -0.05) is 42.5 Å². The van der Waals surface area contributed by atoms with Gasteiger partial charge < -0.3 is 10.6 Å². The molecule has 0 aliphatic heterocycles. The molecule has 0 saturated heterocycles. The van der Waals surface area contributed by atoms with Crippen LogP contribution in [-0.4, -0.2) is 12.5 Å². The van der Waals surface area contributed by atoms with Crippen molar-refractivity contribution in [1.29, 1.82) is 0 Å². The Labute approximate surface area is 126 Å². The van der Waals surface area contributed by atoms with Crippen LogP contribution in [0.1, 0.15) is 23.6 Å². The number of nitrogens with two attached hydrogens (primary N) is 1. The molecule has 3 nitrogen and oxygen atoms in total. The molecule has 0 aliphatic carbocycles. The van der Waals surface area contributed by atoms with Crippen molar-refractivity contribution in [2.24, 2.45) is 5.73 Å². The smallest absolute Gasteiger partial charge is 0.231 e. The third-order valence-corrected chi connectivity index (χ3v) is 3.70. The summed E-state index contributed by atoms with van der Waals surface area (Å²) in [5, 5.41) is 0. The largest absolute Gasteiger partial charge is 0.326 e. The van der Waals surface area contributed by atoms with E-state index >= 15 is 0 Å². The molecular weight excluding hydrogens is 260 g/mol. The van der Waals surface area contributed by atoms with Crippen LogP contribution in [0, 0.1) is 6.92 Å². The predicted molar refractivity (Wildman–Crippen MR) is 87.2 cm³/mol. The van der Waals surface area contributed by atoms with Gasteiger partial charge in [-0.05, 0) is 36.6 Å². The lowest BCUT2D eigenvalue weighted by Crippen LogP contribution is -2.32. The second kappa shape index (κ2) is 7.04. The van der Waals surface area contributed by atoms with Crippen molar-refractivity contribution in [1.82, 2.24) is 0 Å². The van der Waals surface area contributed by atoms with Gasteiger partial charge in [-0.15, -0.1) is 0 Å². The Morgan fingerprint density at radius 2 is 1.67 bits per heavy atom. The Balaban J connectivity index is 2.24. The van der Waals surface area contributed by atoms with Crippen molar-refractivity contribution >= 4 is 11.6 Å². The van der Waals surface area contributed by atoms with Crippen LogP contribution in [0.2, 0.25) is 0 Å². The van der Waals surface area contributed by atoms with Crippen LogP contribution in [0.5, 0.6) is 0 Å². The monoisotopic (exact) mass is 282 g/mol. The summed E-state index contributed by atoms with van der Waals surface area (Å²) in [4.78, 5) is 14.5. The highest BCUT2D eigenvalue weighted by Gasteiger charge is 2.16. The minimum atomic E-state index is 0.104. The van der Waals surface area contributed by atoms with Crippen LogP contribution in [0.3, 0.4) is 0 Å². The molecule has 2 N–H and O–H groups in total. The Kier molecular flexibility index (Phi) is 5.12. The fourth-order valence-electron chi connectivity index (χ4n) is 2.53. The van der Waals surface area contributed by atoms with Crippen LogP contribution in [0.25, 0.3) is 0 Å². The highest BCUT2D eigenvalue weighted by atomic mass is 16.2. The summed E-state index contributed by atoms with van der Waals surface area (Å²) in [7, 11) is 0. The number of anilines is 1. The Bertz CT molecular complexity index is 622. The molecule has 0 unspecified atom stereocenters. The number of nitrogens with zero attached hydrogens (tertiary/aromatic N) is 1. The van der Waals surface area contributed by atoms with Gasteiger partial charge in [0.1, 0.15) is 0 Å². The van der Waals surface area contributed by atoms with E-state index in [4.69, 9.17) is 5.73 Å². The van der Waals surface area contributed by atoms with Crippen LogP contribution in [0.4, 0.5) is 5.69 Å². The molecule has 2 aromatic carbocycles. The summed E-state index contributed by atoms with van der Waals surface area (Å²) in [6, 6.07) is 15.8. The van der Waals surface area contributed by atoms with Gasteiger partial charge in [-0.3, -0.25) is 4.79 Å². The fraction of sp³-hybridized carbons (Fsp3) is 0.278. The maximum Gasteiger partial charge on any atom is 0.231 e. The molecule has 0 bridgehead atoms. The van der Waals surface area contributed by atoms with Gasteiger partial charge in [0.2, 0.25) is 5.91 Å². The molecule has 0 heterocycles. The summed E-state index contributed by atoms with van der Waals surface area (Å²) < 4.78 is 0. The summed E-state index contributed by atoms with van der Waals surface area (Å²) in [5.41, 5.74) is 9.88. The molecular formula is C18H22N2O. The van der Waals surface area contributed by atoms with Crippen molar-refractivity contribution in [3.05, 3.63) is 65.2 Å². The Hall–Kier alpha value is -2.13. The molecule has 0 aromatic heterocycles. The van der Waals surface area contributed by atoms with Crippen molar-refractivity contribution < 1.29 is 4.79 Å². The predicted octanol–water partition coefficient (Wildman–Crippen LogP) is 3.05. The molecule has 2 aromatic rings. The Morgan fingerprint density at radius 3 is 2.29 bits per heavy atom. The maximum atomic E-state index is 12.6. The number of aryl methyl sites for hydroxylation is 1. The van der Waals surface area contributed by atoms with Gasteiger partial charge in [0.25, 0.3) is 0 Å². The molecule has 0 atom stereocenters. The van der Waals surface area contributed by atoms with Crippen LogP contribution in [-0.2, 0) is 17.8 Å². The number of carbonyl (C=O) groups excluding carboxylic acids is 1. The van der Waals surface area contributed by atoms with Crippen LogP contribution >= 0.6 is 0 Å². The number of para-hydroxylation sites is 1. The van der Waals surface area contributed by atoms with Gasteiger partial charge in [-0.2, -0.15) is 0 Å². The van der Waals surface area contributed by atoms with E-state index in [0.717, 1.165) is 22.4 Å². The maximum absolute atomic E-state index is 12.6. The number of rotatable bonds is 5. The lowest BCUT2D eigenvalue weighted by atomic mass is 10.0. The second-order valence-electron chi connectivity index (χ2n) is 5.07. The molecule has 1 amide bonds. The molecule has 3 heteroatoms. The summed E-state index contributed by atoms with van der Waals surface area (Å²) in [6.07, 6.45) is 0.384. The van der Waals surface area contributed by atoms with E-state index in [2.05, 4.69) is 0 Å². The molecule has 0 spiro atoms. The highest BCUT2D eigenvalue weighted by molar-refractivity contribution is 5.95. The SMILES string of the molecule is CCN(C(=O)Cc1ccccc1CN)c1ccccc1C. The van der Waals surface area contributed by atoms with Gasteiger partial charge in [-0.25, -0.2) is 0 Å². The van der Waals surface area contributed by atoms with E-state index < -0.39 is 0 Å². The average molecular weight is 282 g/mol. The lowest BCUT2D eigenvalue weighted by molar-refractivity contribution is -0.117. The summed E-state index contributed by atoms with van der Waals surface area (Å²) >= 11 is 0. The molecule has 0 aliphatic rings. The zero-order valence-corrected chi connectivity index (χ0v) is 12.7. The topological polar surface area (TPSA) is 46.3 Å². The van der Waals surface area contributed by atoms with E-state index in [1.807, 2.05) is 67.3 Å². The lowest BCUT2D eigenvalue weighted by Gasteiger charge is -2.23. The first kappa shape index (κ1) is 15.3. The van der Waals surface area contributed by atoms with E-state index in [0.29, 0.717) is 19.5 Å². The summed E-state index contributed by atoms with van der Waals surface area (Å²) in [6.45, 7) is 5.15. The van der Waals surface area contributed by atoms with Crippen molar-refractivity contribution in [3.63, 3.8) is 0 Å². The molecule has 0 fully saturated rings. The zero-order valence-electron chi connectivity index (χ0n) is 12.7. The first-order valence-corrected chi connectivity index (χ1v) is 7.30. The van der Waals surface area contributed by atoms with Crippen molar-refractivity contribution in [3.8, 4) is 0 Å². The van der Waals surface area contributed by atoms with E-state index in [-0.39, 0.29) is 5.91 Å². The van der Waals surface area contributed by atoms with Crippen molar-refractivity contribution in [2.45, 2.75) is 26.8 Å². The van der Waals surface area contributed by atoms with E-state index in [1.54, 1.807) is 0 Å². The second-order valence-corrected chi connectivity index (χ2v) is 5.07. The minimum absolute atomic E-state index is 0.104. The van der Waals surface area contributed by atoms with Gasteiger partial charge >= 0.3 is 0 Å². The van der Waals surface area contributed by atoms with Crippen molar-refractivity contribution in [2.75, 3.05) is 11.4 Å². The molecule has 21 heavy (non-hydrogen) atoms. The third kappa shape index (κ3) is 3.50. The quantitative estimate of drug-likeness (QED) is 0.916. The first-order valence-electron chi connectivity index (χ1n) is 7.30. The molecule has 2 rings (SSSR count). The first-order chi connectivity index (χ1) is 10.2. The number of hydrogen-bond acceptors (Lipinski definition) is 2.